The highest BCUT2D eigenvalue weighted by molar-refractivity contribution is 9.10. The van der Waals surface area contributed by atoms with Crippen molar-refractivity contribution in [2.24, 2.45) is 0 Å². The van der Waals surface area contributed by atoms with Crippen molar-refractivity contribution in [3.8, 4) is 5.75 Å². The van der Waals surface area contributed by atoms with Crippen molar-refractivity contribution in [3.05, 3.63) is 76.0 Å². The van der Waals surface area contributed by atoms with Gasteiger partial charge in [-0.15, -0.1) is 0 Å². The summed E-state index contributed by atoms with van der Waals surface area (Å²) >= 11 is 3.49. The summed E-state index contributed by atoms with van der Waals surface area (Å²) in [4.78, 5) is 4.66. The van der Waals surface area contributed by atoms with Crippen LogP contribution >= 0.6 is 15.9 Å². The van der Waals surface area contributed by atoms with E-state index < -0.39 is 0 Å². The second-order valence-electron chi connectivity index (χ2n) is 6.78. The molecule has 1 aliphatic rings. The molecule has 1 atom stereocenters. The number of aryl methyl sites for hydroxylation is 1. The first kappa shape index (κ1) is 19.7. The number of nitrogens with one attached hydrogen (secondary N) is 1. The second kappa shape index (κ2) is 8.80. The zero-order chi connectivity index (χ0) is 20.2. The van der Waals surface area contributed by atoms with E-state index in [-0.39, 0.29) is 12.6 Å². The number of halogens is 1. The molecule has 7 heteroatoms. The van der Waals surface area contributed by atoms with E-state index >= 15 is 0 Å². The van der Waals surface area contributed by atoms with Crippen molar-refractivity contribution in [1.82, 2.24) is 14.8 Å². The average Bonchev–Trinajstić information content (AvgIpc) is 3.16. The summed E-state index contributed by atoms with van der Waals surface area (Å²) in [5.74, 6) is 2.28. The Labute approximate surface area is 178 Å². The third-order valence-corrected chi connectivity index (χ3v) is 5.28. The molecule has 3 aromatic rings. The molecule has 0 saturated carbocycles. The van der Waals surface area contributed by atoms with Gasteiger partial charge < -0.3 is 15.2 Å². The number of aliphatic hydroxyl groups excluding tert-OH is 1. The molecule has 0 saturated heterocycles. The van der Waals surface area contributed by atoms with Crippen molar-refractivity contribution >= 4 is 27.6 Å². The average molecular weight is 455 g/mol. The molecular weight excluding hydrogens is 432 g/mol. The van der Waals surface area contributed by atoms with E-state index in [1.54, 1.807) is 0 Å². The standard InChI is InChI=1S/C22H23BrN4O2/c1-2-29-18-11-7-16(8-12-18)20-14-19(15-5-9-17(23)10-6-15)24-22-25-21(4-3-13-28)26-27(20)22/h5-12,14,20,28H,2-4,13H2,1H3,(H,24,25,26). The van der Waals surface area contributed by atoms with Crippen LogP contribution in [0.25, 0.3) is 5.70 Å². The number of hydrogen-bond acceptors (Lipinski definition) is 5. The van der Waals surface area contributed by atoms with Gasteiger partial charge in [0.15, 0.2) is 5.82 Å². The molecule has 6 nitrogen and oxygen atoms in total. The molecule has 2 N–H and O–H groups in total. The predicted octanol–water partition coefficient (Wildman–Crippen LogP) is 4.42. The SMILES string of the molecule is CCOc1ccc(C2C=C(c3ccc(Br)cc3)Nc3nc(CCCO)nn32)cc1. The van der Waals surface area contributed by atoms with Gasteiger partial charge in [0.1, 0.15) is 11.8 Å². The Morgan fingerprint density at radius 2 is 1.90 bits per heavy atom. The van der Waals surface area contributed by atoms with E-state index in [2.05, 4.69) is 56.6 Å². The van der Waals surface area contributed by atoms with Crippen LogP contribution in [-0.2, 0) is 6.42 Å². The maximum Gasteiger partial charge on any atom is 0.226 e. The quantitative estimate of drug-likeness (QED) is 0.552. The summed E-state index contributed by atoms with van der Waals surface area (Å²) in [5.41, 5.74) is 3.17. The van der Waals surface area contributed by atoms with Crippen LogP contribution in [0, 0.1) is 0 Å². The van der Waals surface area contributed by atoms with E-state index in [1.807, 2.05) is 35.9 Å². The van der Waals surface area contributed by atoms with Gasteiger partial charge in [-0.25, -0.2) is 4.68 Å². The lowest BCUT2D eigenvalue weighted by molar-refractivity contribution is 0.287. The van der Waals surface area contributed by atoms with Crippen LogP contribution in [0.3, 0.4) is 0 Å². The first-order chi connectivity index (χ1) is 14.2. The molecule has 2 aromatic carbocycles. The molecule has 1 aliphatic heterocycles. The Hall–Kier alpha value is -2.64. The lowest BCUT2D eigenvalue weighted by Crippen LogP contribution is -2.20. The summed E-state index contributed by atoms with van der Waals surface area (Å²) < 4.78 is 8.52. The lowest BCUT2D eigenvalue weighted by atomic mass is 10.0. The fourth-order valence-corrected chi connectivity index (χ4v) is 3.61. The molecule has 0 radical (unpaired) electrons. The number of aliphatic hydroxyl groups is 1. The Bertz CT molecular complexity index is 997. The van der Waals surface area contributed by atoms with Crippen LogP contribution in [0.4, 0.5) is 5.95 Å². The maximum absolute atomic E-state index is 9.14. The number of aromatic nitrogens is 3. The van der Waals surface area contributed by atoms with Crippen molar-refractivity contribution < 1.29 is 9.84 Å². The number of anilines is 1. The number of ether oxygens (including phenoxy) is 1. The lowest BCUT2D eigenvalue weighted by Gasteiger charge is -2.24. The molecule has 1 unspecified atom stereocenters. The number of fused-ring (bicyclic) bond motifs is 1. The molecule has 4 rings (SSSR count). The van der Waals surface area contributed by atoms with Gasteiger partial charge in [-0.1, -0.05) is 40.2 Å². The first-order valence-electron chi connectivity index (χ1n) is 9.71. The van der Waals surface area contributed by atoms with E-state index in [0.717, 1.165) is 32.9 Å². The minimum absolute atomic E-state index is 0.0871. The third kappa shape index (κ3) is 4.36. The van der Waals surface area contributed by atoms with Gasteiger partial charge in [0, 0.05) is 23.2 Å². The zero-order valence-corrected chi connectivity index (χ0v) is 17.8. The number of hydrogen-bond donors (Lipinski definition) is 2. The second-order valence-corrected chi connectivity index (χ2v) is 7.70. The van der Waals surface area contributed by atoms with Gasteiger partial charge in [0.05, 0.1) is 6.61 Å². The number of rotatable bonds is 7. The Morgan fingerprint density at radius 3 is 2.59 bits per heavy atom. The molecular formula is C22H23BrN4O2. The van der Waals surface area contributed by atoms with Crippen LogP contribution in [-0.4, -0.2) is 33.1 Å². The van der Waals surface area contributed by atoms with E-state index in [1.165, 1.54) is 0 Å². The summed E-state index contributed by atoms with van der Waals surface area (Å²) in [7, 11) is 0. The predicted molar refractivity (Wildman–Crippen MR) is 117 cm³/mol. The smallest absolute Gasteiger partial charge is 0.226 e. The van der Waals surface area contributed by atoms with Crippen LogP contribution in [0.15, 0.2) is 59.1 Å². The van der Waals surface area contributed by atoms with Gasteiger partial charge in [-0.3, -0.25) is 0 Å². The molecule has 0 spiro atoms. The minimum atomic E-state index is -0.0871. The first-order valence-corrected chi connectivity index (χ1v) is 10.5. The molecule has 0 amide bonds. The monoisotopic (exact) mass is 454 g/mol. The molecule has 0 fully saturated rings. The minimum Gasteiger partial charge on any atom is -0.494 e. The van der Waals surface area contributed by atoms with Crippen LogP contribution in [0.2, 0.25) is 0 Å². The van der Waals surface area contributed by atoms with Crippen molar-refractivity contribution in [1.29, 1.82) is 0 Å². The summed E-state index contributed by atoms with van der Waals surface area (Å²) in [5, 5.41) is 17.2. The van der Waals surface area contributed by atoms with Crippen LogP contribution in [0.1, 0.15) is 36.3 Å². The van der Waals surface area contributed by atoms with E-state index in [0.29, 0.717) is 25.4 Å². The van der Waals surface area contributed by atoms with Crippen LogP contribution < -0.4 is 10.1 Å². The van der Waals surface area contributed by atoms with Gasteiger partial charge in [-0.05, 0) is 54.8 Å². The molecule has 0 bridgehead atoms. The maximum atomic E-state index is 9.14. The van der Waals surface area contributed by atoms with Crippen molar-refractivity contribution in [2.75, 3.05) is 18.5 Å². The van der Waals surface area contributed by atoms with E-state index in [9.17, 15) is 0 Å². The van der Waals surface area contributed by atoms with Gasteiger partial charge >= 0.3 is 0 Å². The van der Waals surface area contributed by atoms with Crippen LogP contribution in [0.5, 0.6) is 5.75 Å². The highest BCUT2D eigenvalue weighted by Crippen LogP contribution is 2.33. The molecule has 150 valence electrons. The largest absolute Gasteiger partial charge is 0.494 e. The fourth-order valence-electron chi connectivity index (χ4n) is 3.34. The third-order valence-electron chi connectivity index (χ3n) is 4.76. The zero-order valence-electron chi connectivity index (χ0n) is 16.2. The number of benzene rings is 2. The van der Waals surface area contributed by atoms with Gasteiger partial charge in [0.2, 0.25) is 5.95 Å². The number of nitrogens with zero attached hydrogens (tertiary/aromatic N) is 3. The van der Waals surface area contributed by atoms with Gasteiger partial charge in [-0.2, -0.15) is 10.1 Å². The molecule has 0 aliphatic carbocycles. The van der Waals surface area contributed by atoms with E-state index in [4.69, 9.17) is 14.9 Å². The van der Waals surface area contributed by atoms with Gasteiger partial charge in [0.25, 0.3) is 0 Å². The van der Waals surface area contributed by atoms with Crippen molar-refractivity contribution in [3.63, 3.8) is 0 Å². The highest BCUT2D eigenvalue weighted by atomic mass is 79.9. The summed E-state index contributed by atoms with van der Waals surface area (Å²) in [6.07, 6.45) is 3.45. The molecule has 1 aromatic heterocycles. The Kier molecular flexibility index (Phi) is 5.97. The molecule has 29 heavy (non-hydrogen) atoms. The number of allylic oxidation sites excluding steroid dienone is 1. The summed E-state index contributed by atoms with van der Waals surface area (Å²) in [6, 6.07) is 16.2. The summed E-state index contributed by atoms with van der Waals surface area (Å²) in [6.45, 7) is 2.74. The highest BCUT2D eigenvalue weighted by Gasteiger charge is 2.25. The topological polar surface area (TPSA) is 72.2 Å². The Balaban J connectivity index is 1.72. The fraction of sp³-hybridized carbons (Fsp3) is 0.273. The Morgan fingerprint density at radius 1 is 1.14 bits per heavy atom. The van der Waals surface area contributed by atoms with Crippen molar-refractivity contribution in [2.45, 2.75) is 25.8 Å². The molecule has 2 heterocycles. The normalized spacial score (nSPS) is 15.4.